The van der Waals surface area contributed by atoms with Crippen LogP contribution >= 0.6 is 0 Å². The summed E-state index contributed by atoms with van der Waals surface area (Å²) in [7, 11) is 0. The Morgan fingerprint density at radius 3 is 2.56 bits per heavy atom. The van der Waals surface area contributed by atoms with Gasteiger partial charge in [-0.25, -0.2) is 0 Å². The number of carbonyl (C=O) groups excluding carboxylic acids is 2. The third-order valence-corrected chi connectivity index (χ3v) is 6.29. The van der Waals surface area contributed by atoms with Crippen LogP contribution < -0.4 is 0 Å². The zero-order chi connectivity index (χ0) is 25.6. The topological polar surface area (TPSA) is 93.1 Å². The molecule has 0 amide bonds. The van der Waals surface area contributed by atoms with E-state index in [0.29, 0.717) is 0 Å². The molecule has 194 valence electrons. The number of cyclic esters (lactones) is 1. The molecule has 0 aliphatic carbocycles. The molecular formula is C28H46O6. The highest BCUT2D eigenvalue weighted by molar-refractivity contribution is 5.70. The fourth-order valence-electron chi connectivity index (χ4n) is 4.08. The zero-order valence-corrected chi connectivity index (χ0v) is 21.8. The minimum absolute atomic E-state index is 0.150. The van der Waals surface area contributed by atoms with Crippen LogP contribution in [0.5, 0.6) is 0 Å². The van der Waals surface area contributed by atoms with Crippen molar-refractivity contribution < 1.29 is 29.3 Å². The average Bonchev–Trinajstić information content (AvgIpc) is 2.76. The summed E-state index contributed by atoms with van der Waals surface area (Å²) in [4.78, 5) is 24.1. The molecule has 6 heteroatoms. The maximum atomic E-state index is 12.5. The molecule has 5 unspecified atom stereocenters. The monoisotopic (exact) mass is 478 g/mol. The normalized spacial score (nSPS) is 29.4. The van der Waals surface area contributed by atoms with E-state index in [9.17, 15) is 19.8 Å². The Hall–Kier alpha value is -1.92. The van der Waals surface area contributed by atoms with Gasteiger partial charge in [0.25, 0.3) is 0 Å². The van der Waals surface area contributed by atoms with Crippen molar-refractivity contribution in [3.8, 4) is 0 Å². The van der Waals surface area contributed by atoms with Gasteiger partial charge in [-0.3, -0.25) is 9.59 Å². The SMILES string of the molecule is CCCCCCCCC=CC=C(C)C1OC(=O)CC(O)CCC(C)(O)C(OC(C)=O)C=CC1C. The molecule has 1 heterocycles. The molecule has 0 saturated heterocycles. The highest BCUT2D eigenvalue weighted by atomic mass is 16.6. The van der Waals surface area contributed by atoms with Gasteiger partial charge < -0.3 is 19.7 Å². The number of unbranched alkanes of at least 4 members (excludes halogenated alkanes) is 6. The van der Waals surface area contributed by atoms with Gasteiger partial charge in [0.1, 0.15) is 17.8 Å². The number of aliphatic hydroxyl groups is 2. The fraction of sp³-hybridized carbons (Fsp3) is 0.714. The molecule has 0 bridgehead atoms. The minimum Gasteiger partial charge on any atom is -0.457 e. The first-order valence-electron chi connectivity index (χ1n) is 12.9. The van der Waals surface area contributed by atoms with E-state index in [2.05, 4.69) is 13.0 Å². The Bertz CT molecular complexity index is 706. The number of rotatable bonds is 10. The first-order chi connectivity index (χ1) is 16.1. The number of ether oxygens (including phenoxy) is 2. The van der Waals surface area contributed by atoms with E-state index < -0.39 is 35.9 Å². The highest BCUT2D eigenvalue weighted by Crippen LogP contribution is 2.27. The molecule has 0 saturated carbocycles. The van der Waals surface area contributed by atoms with E-state index in [4.69, 9.17) is 9.47 Å². The van der Waals surface area contributed by atoms with Crippen molar-refractivity contribution in [3.05, 3.63) is 36.0 Å². The second-order valence-corrected chi connectivity index (χ2v) is 9.83. The maximum absolute atomic E-state index is 12.5. The molecule has 0 fully saturated rings. The standard InChI is InChI=1S/C28H46O6/c1-6-7-8-9-10-11-12-13-14-15-21(2)27-22(3)16-17-25(33-23(4)29)28(5,32)19-18-24(30)20-26(31)34-27/h13-17,22,24-25,27,30,32H,6-12,18-20H2,1-5H3. The Morgan fingerprint density at radius 1 is 1.21 bits per heavy atom. The summed E-state index contributed by atoms with van der Waals surface area (Å²) in [5, 5.41) is 21.2. The number of esters is 2. The molecule has 2 N–H and O–H groups in total. The van der Waals surface area contributed by atoms with Crippen molar-refractivity contribution in [1.82, 2.24) is 0 Å². The summed E-state index contributed by atoms with van der Waals surface area (Å²) in [6.07, 6.45) is 16.0. The Balaban J connectivity index is 2.93. The smallest absolute Gasteiger partial charge is 0.309 e. The van der Waals surface area contributed by atoms with Crippen LogP contribution in [0.3, 0.4) is 0 Å². The van der Waals surface area contributed by atoms with Gasteiger partial charge in [-0.15, -0.1) is 0 Å². The number of hydrogen-bond acceptors (Lipinski definition) is 6. The molecule has 0 radical (unpaired) electrons. The van der Waals surface area contributed by atoms with Gasteiger partial charge in [0.2, 0.25) is 0 Å². The van der Waals surface area contributed by atoms with Gasteiger partial charge in [0, 0.05) is 12.8 Å². The van der Waals surface area contributed by atoms with Crippen LogP contribution in [0.1, 0.15) is 98.8 Å². The van der Waals surface area contributed by atoms with Gasteiger partial charge in [-0.05, 0) is 51.2 Å². The maximum Gasteiger partial charge on any atom is 0.309 e. The van der Waals surface area contributed by atoms with Gasteiger partial charge in [-0.2, -0.15) is 0 Å². The van der Waals surface area contributed by atoms with E-state index in [0.717, 1.165) is 12.0 Å². The molecule has 1 rings (SSSR count). The van der Waals surface area contributed by atoms with Crippen molar-refractivity contribution >= 4 is 11.9 Å². The summed E-state index contributed by atoms with van der Waals surface area (Å²) in [5.74, 6) is -1.19. The van der Waals surface area contributed by atoms with Crippen LogP contribution in [-0.4, -0.2) is 46.1 Å². The first kappa shape index (κ1) is 30.1. The molecule has 34 heavy (non-hydrogen) atoms. The molecule has 6 nitrogen and oxygen atoms in total. The van der Waals surface area contributed by atoms with Gasteiger partial charge in [-0.1, -0.05) is 70.3 Å². The highest BCUT2D eigenvalue weighted by Gasteiger charge is 2.34. The predicted octanol–water partition coefficient (Wildman–Crippen LogP) is 5.57. The quantitative estimate of drug-likeness (QED) is 0.184. The van der Waals surface area contributed by atoms with Gasteiger partial charge in [0.15, 0.2) is 0 Å². The van der Waals surface area contributed by atoms with Crippen LogP contribution in [0.4, 0.5) is 0 Å². The Labute approximate surface area is 206 Å². The first-order valence-corrected chi connectivity index (χ1v) is 12.9. The molecule has 0 aromatic carbocycles. The molecule has 0 aromatic heterocycles. The third-order valence-electron chi connectivity index (χ3n) is 6.29. The van der Waals surface area contributed by atoms with Crippen molar-refractivity contribution in [3.63, 3.8) is 0 Å². The second kappa shape index (κ2) is 15.9. The van der Waals surface area contributed by atoms with Crippen LogP contribution in [-0.2, 0) is 19.1 Å². The number of carbonyl (C=O) groups is 2. The van der Waals surface area contributed by atoms with Crippen LogP contribution in [0.2, 0.25) is 0 Å². The largest absolute Gasteiger partial charge is 0.457 e. The summed E-state index contributed by atoms with van der Waals surface area (Å²) in [5.41, 5.74) is -0.488. The Morgan fingerprint density at radius 2 is 1.88 bits per heavy atom. The van der Waals surface area contributed by atoms with Crippen LogP contribution in [0, 0.1) is 5.92 Å². The lowest BCUT2D eigenvalue weighted by Crippen LogP contribution is -2.42. The van der Waals surface area contributed by atoms with Crippen LogP contribution in [0.15, 0.2) is 36.0 Å². The van der Waals surface area contributed by atoms with E-state index in [1.807, 2.05) is 32.1 Å². The fourth-order valence-corrected chi connectivity index (χ4v) is 4.08. The number of allylic oxidation sites excluding steroid dienone is 3. The van der Waals surface area contributed by atoms with E-state index in [1.54, 1.807) is 13.0 Å². The number of aliphatic hydroxyl groups excluding tert-OH is 1. The van der Waals surface area contributed by atoms with Crippen molar-refractivity contribution in [2.24, 2.45) is 5.92 Å². The molecule has 1 aliphatic rings. The zero-order valence-electron chi connectivity index (χ0n) is 21.8. The molecule has 5 atom stereocenters. The third kappa shape index (κ3) is 12.0. The summed E-state index contributed by atoms with van der Waals surface area (Å²) >= 11 is 0. The molecular weight excluding hydrogens is 432 g/mol. The molecule has 1 aliphatic heterocycles. The van der Waals surface area contributed by atoms with Gasteiger partial charge in [0.05, 0.1) is 12.5 Å². The van der Waals surface area contributed by atoms with E-state index in [-0.39, 0.29) is 25.2 Å². The van der Waals surface area contributed by atoms with Crippen molar-refractivity contribution in [2.45, 2.75) is 123 Å². The minimum atomic E-state index is -1.37. The summed E-state index contributed by atoms with van der Waals surface area (Å²) < 4.78 is 11.1. The van der Waals surface area contributed by atoms with Crippen LogP contribution in [0.25, 0.3) is 0 Å². The average molecular weight is 479 g/mol. The van der Waals surface area contributed by atoms with Crippen molar-refractivity contribution in [1.29, 1.82) is 0 Å². The lowest BCUT2D eigenvalue weighted by Gasteiger charge is -2.32. The van der Waals surface area contributed by atoms with Crippen molar-refractivity contribution in [2.75, 3.05) is 0 Å². The Kier molecular flexibility index (Phi) is 14.1. The lowest BCUT2D eigenvalue weighted by atomic mass is 9.88. The molecule has 0 spiro atoms. The van der Waals surface area contributed by atoms with E-state index >= 15 is 0 Å². The second-order valence-electron chi connectivity index (χ2n) is 9.83. The summed E-state index contributed by atoms with van der Waals surface area (Å²) in [6, 6.07) is 0. The predicted molar refractivity (Wildman–Crippen MR) is 135 cm³/mol. The summed E-state index contributed by atoms with van der Waals surface area (Å²) in [6.45, 7) is 8.92. The van der Waals surface area contributed by atoms with E-state index in [1.165, 1.54) is 45.4 Å². The lowest BCUT2D eigenvalue weighted by molar-refractivity contribution is -0.157. The van der Waals surface area contributed by atoms with Gasteiger partial charge >= 0.3 is 11.9 Å². The molecule has 0 aromatic rings. The number of hydrogen-bond donors (Lipinski definition) is 2.